The second kappa shape index (κ2) is 16.4. The van der Waals surface area contributed by atoms with Gasteiger partial charge in [-0.25, -0.2) is 0 Å². The molecule has 28 heavy (non-hydrogen) atoms. The van der Waals surface area contributed by atoms with Gasteiger partial charge in [0.25, 0.3) is 0 Å². The fourth-order valence-corrected chi connectivity index (χ4v) is 1.29. The summed E-state index contributed by atoms with van der Waals surface area (Å²) in [6.07, 6.45) is -0.206. The lowest BCUT2D eigenvalue weighted by Crippen LogP contribution is -2.32. The Kier molecular flexibility index (Phi) is 17.6. The lowest BCUT2D eigenvalue weighted by molar-refractivity contribution is -0.144. The monoisotopic (exact) mass is 411 g/mol. The summed E-state index contributed by atoms with van der Waals surface area (Å²) >= 11 is 0. The normalized spacial score (nSPS) is 12.9. The van der Waals surface area contributed by atoms with E-state index in [1.165, 1.54) is 0 Å². The first-order valence-corrected chi connectivity index (χ1v) is 8.00. The Bertz CT molecular complexity index is 524. The largest absolute Gasteiger partial charge is 0.481 e. The van der Waals surface area contributed by atoms with Crippen molar-refractivity contribution < 1.29 is 49.5 Å². The Balaban J connectivity index is -0.000000336. The van der Waals surface area contributed by atoms with Crippen LogP contribution in [0.25, 0.3) is 0 Å². The maximum absolute atomic E-state index is 10.1. The lowest BCUT2D eigenvalue weighted by atomic mass is 10.1. The van der Waals surface area contributed by atoms with Crippen molar-refractivity contribution in [3.63, 3.8) is 0 Å². The molecule has 0 fully saturated rings. The fraction of sp³-hybridized carbons (Fsp3) is 0.667. The van der Waals surface area contributed by atoms with Gasteiger partial charge in [0, 0.05) is 6.42 Å². The second-order valence-electron chi connectivity index (χ2n) is 5.99. The standard InChI is InChI=1S/C6H13NO2.C5H9NO4.C4H7NO4/c1-4(2)3-5(7)6(8)9;6-3(5(9)10)1-2-4(7)8;5-2(4(8)9)1-3(6)7/h4-5H,3,7H2,1-2H3,(H,8,9);3H,1-2,6H2,(H,7,8)(H,9,10);2H,1,5H2,(H,6,7)(H,8,9)/t5-;3-;2-/m100/s1. The molecule has 3 atom stereocenters. The fourth-order valence-electron chi connectivity index (χ4n) is 1.29. The number of carbonyl (C=O) groups is 5. The molecule has 0 aliphatic carbocycles. The molecule has 0 aromatic heterocycles. The summed E-state index contributed by atoms with van der Waals surface area (Å²) in [5.74, 6) is -5.25. The second-order valence-corrected chi connectivity index (χ2v) is 5.99. The molecule has 0 aliphatic rings. The van der Waals surface area contributed by atoms with E-state index < -0.39 is 54.4 Å². The molecule has 0 aliphatic heterocycles. The molecule has 0 saturated carbocycles. The first kappa shape index (κ1) is 30.0. The predicted molar refractivity (Wildman–Crippen MR) is 95.4 cm³/mol. The number of aliphatic carboxylic acids is 5. The molecule has 0 saturated heterocycles. The van der Waals surface area contributed by atoms with Gasteiger partial charge in [0.1, 0.15) is 18.1 Å². The molecule has 0 aromatic rings. The number of carboxylic acid groups (broad SMARTS) is 5. The number of hydrogen-bond acceptors (Lipinski definition) is 8. The van der Waals surface area contributed by atoms with E-state index in [2.05, 4.69) is 0 Å². The molecule has 11 N–H and O–H groups in total. The third-order valence-electron chi connectivity index (χ3n) is 2.74. The van der Waals surface area contributed by atoms with Crippen LogP contribution in [0.4, 0.5) is 0 Å². The molecule has 0 aromatic carbocycles. The summed E-state index contributed by atoms with van der Waals surface area (Å²) in [5, 5.41) is 40.6. The molecular weight excluding hydrogens is 382 g/mol. The minimum absolute atomic E-state index is 0.0231. The number of rotatable bonds is 10. The van der Waals surface area contributed by atoms with Crippen LogP contribution in [0, 0.1) is 5.92 Å². The van der Waals surface area contributed by atoms with E-state index in [-0.39, 0.29) is 12.8 Å². The van der Waals surface area contributed by atoms with Gasteiger partial charge >= 0.3 is 29.8 Å². The Hall–Kier alpha value is -2.77. The Morgan fingerprint density at radius 1 is 0.679 bits per heavy atom. The molecule has 164 valence electrons. The molecule has 0 radical (unpaired) electrons. The first-order chi connectivity index (χ1) is 12.6. The van der Waals surface area contributed by atoms with Crippen molar-refractivity contribution >= 4 is 29.8 Å². The zero-order chi connectivity index (χ0) is 23.0. The summed E-state index contributed by atoms with van der Waals surface area (Å²) in [6.45, 7) is 3.89. The molecule has 13 nitrogen and oxygen atoms in total. The number of hydrogen-bond donors (Lipinski definition) is 8. The van der Waals surface area contributed by atoms with Gasteiger partial charge in [-0.2, -0.15) is 0 Å². The predicted octanol–water partition coefficient (Wildman–Crippen LogP) is -1.42. The van der Waals surface area contributed by atoms with E-state index in [4.69, 9.17) is 42.7 Å². The molecule has 0 heterocycles. The van der Waals surface area contributed by atoms with E-state index in [9.17, 15) is 24.0 Å². The lowest BCUT2D eigenvalue weighted by Gasteiger charge is -2.07. The van der Waals surface area contributed by atoms with E-state index in [1.54, 1.807) is 0 Å². The van der Waals surface area contributed by atoms with Gasteiger partial charge in [0.15, 0.2) is 0 Å². The van der Waals surface area contributed by atoms with E-state index in [0.29, 0.717) is 12.3 Å². The minimum Gasteiger partial charge on any atom is -0.481 e. The average Bonchev–Trinajstić information content (AvgIpc) is 2.52. The Labute approximate surface area is 161 Å². The van der Waals surface area contributed by atoms with Gasteiger partial charge in [-0.05, 0) is 18.8 Å². The Morgan fingerprint density at radius 2 is 1.07 bits per heavy atom. The van der Waals surface area contributed by atoms with Gasteiger partial charge < -0.3 is 42.7 Å². The Morgan fingerprint density at radius 3 is 1.25 bits per heavy atom. The first-order valence-electron chi connectivity index (χ1n) is 8.00. The SMILES string of the molecule is CC(C)C[C@@H](N)C(=O)O.N[C@@H](CC(=O)O)C(=O)O.N[C@@H](CCC(=O)O)C(=O)O. The highest BCUT2D eigenvalue weighted by atomic mass is 16.4. The van der Waals surface area contributed by atoms with Gasteiger partial charge in [-0.1, -0.05) is 13.8 Å². The quantitative estimate of drug-likeness (QED) is 0.205. The highest BCUT2D eigenvalue weighted by Crippen LogP contribution is 2.01. The summed E-state index contributed by atoms with van der Waals surface area (Å²) < 4.78 is 0. The van der Waals surface area contributed by atoms with Crippen LogP contribution >= 0.6 is 0 Å². The smallest absolute Gasteiger partial charge is 0.321 e. The highest BCUT2D eigenvalue weighted by Gasteiger charge is 2.14. The third-order valence-corrected chi connectivity index (χ3v) is 2.74. The summed E-state index contributed by atoms with van der Waals surface area (Å²) in [4.78, 5) is 49.6. The van der Waals surface area contributed by atoms with Crippen molar-refractivity contribution in [1.82, 2.24) is 0 Å². The summed E-state index contributed by atoms with van der Waals surface area (Å²) in [5.41, 5.74) is 15.1. The van der Waals surface area contributed by atoms with E-state index in [1.807, 2.05) is 13.8 Å². The van der Waals surface area contributed by atoms with Crippen molar-refractivity contribution in [2.45, 2.75) is 57.7 Å². The maximum Gasteiger partial charge on any atom is 0.321 e. The van der Waals surface area contributed by atoms with Crippen molar-refractivity contribution in [1.29, 1.82) is 0 Å². The summed E-state index contributed by atoms with van der Waals surface area (Å²) in [7, 11) is 0. The summed E-state index contributed by atoms with van der Waals surface area (Å²) in [6, 6.07) is -3.04. The molecule has 0 amide bonds. The molecule has 0 rings (SSSR count). The van der Waals surface area contributed by atoms with Crippen LogP contribution in [0.5, 0.6) is 0 Å². The zero-order valence-electron chi connectivity index (χ0n) is 15.6. The minimum atomic E-state index is -1.29. The maximum atomic E-state index is 10.1. The van der Waals surface area contributed by atoms with Crippen LogP contribution in [0.15, 0.2) is 0 Å². The van der Waals surface area contributed by atoms with Crippen molar-refractivity contribution in [2.75, 3.05) is 0 Å². The molecule has 0 unspecified atom stereocenters. The van der Waals surface area contributed by atoms with Gasteiger partial charge in [0.05, 0.1) is 6.42 Å². The average molecular weight is 411 g/mol. The molecule has 0 bridgehead atoms. The van der Waals surface area contributed by atoms with Crippen LogP contribution in [0.3, 0.4) is 0 Å². The van der Waals surface area contributed by atoms with Crippen molar-refractivity contribution in [3.05, 3.63) is 0 Å². The van der Waals surface area contributed by atoms with Crippen LogP contribution in [-0.2, 0) is 24.0 Å². The van der Waals surface area contributed by atoms with E-state index >= 15 is 0 Å². The molecular formula is C15H29N3O10. The zero-order valence-corrected chi connectivity index (χ0v) is 15.6. The third kappa shape index (κ3) is 23.2. The van der Waals surface area contributed by atoms with Crippen LogP contribution in [0.2, 0.25) is 0 Å². The van der Waals surface area contributed by atoms with Crippen LogP contribution in [-0.4, -0.2) is 73.5 Å². The van der Waals surface area contributed by atoms with Crippen LogP contribution in [0.1, 0.15) is 39.5 Å². The topological polar surface area (TPSA) is 265 Å². The molecule has 13 heteroatoms. The molecule has 0 spiro atoms. The van der Waals surface area contributed by atoms with Gasteiger partial charge in [-0.15, -0.1) is 0 Å². The van der Waals surface area contributed by atoms with E-state index in [0.717, 1.165) is 0 Å². The van der Waals surface area contributed by atoms with Crippen molar-refractivity contribution in [2.24, 2.45) is 23.1 Å². The highest BCUT2D eigenvalue weighted by molar-refractivity contribution is 5.80. The van der Waals surface area contributed by atoms with Crippen LogP contribution < -0.4 is 17.2 Å². The van der Waals surface area contributed by atoms with Crippen molar-refractivity contribution in [3.8, 4) is 0 Å². The van der Waals surface area contributed by atoms with Gasteiger partial charge in [0.2, 0.25) is 0 Å². The number of nitrogens with two attached hydrogens (primary N) is 3. The number of carboxylic acids is 5. The van der Waals surface area contributed by atoms with Gasteiger partial charge in [-0.3, -0.25) is 24.0 Å².